The second-order valence-corrected chi connectivity index (χ2v) is 5.83. The van der Waals surface area contributed by atoms with Crippen molar-refractivity contribution in [2.75, 3.05) is 25.0 Å². The van der Waals surface area contributed by atoms with E-state index in [1.165, 1.54) is 18.6 Å². The fourth-order valence-corrected chi connectivity index (χ4v) is 2.80. The molecule has 0 spiro atoms. The minimum Gasteiger partial charge on any atom is -0.330 e. The molecule has 2 unspecified atom stereocenters. The molecule has 0 saturated carbocycles. The van der Waals surface area contributed by atoms with E-state index in [1.54, 1.807) is 12.1 Å². The van der Waals surface area contributed by atoms with E-state index in [2.05, 4.69) is 17.1 Å². The maximum atomic E-state index is 13.1. The maximum Gasteiger partial charge on any atom is 0.225 e. The van der Waals surface area contributed by atoms with Crippen LogP contribution in [0.3, 0.4) is 0 Å². The zero-order chi connectivity index (χ0) is 15.2. The molecule has 1 saturated heterocycles. The van der Waals surface area contributed by atoms with Crippen LogP contribution in [0.15, 0.2) is 24.3 Å². The number of benzene rings is 1. The number of halogens is 1. The zero-order valence-electron chi connectivity index (χ0n) is 12.5. The molecule has 0 aliphatic carbocycles. The Hall–Kier alpha value is -1.46. The largest absolute Gasteiger partial charge is 0.330 e. The van der Waals surface area contributed by atoms with E-state index >= 15 is 0 Å². The van der Waals surface area contributed by atoms with Crippen LogP contribution >= 0.6 is 0 Å². The Balaban J connectivity index is 1.80. The molecule has 1 aliphatic heterocycles. The van der Waals surface area contributed by atoms with Crippen LogP contribution in [0.4, 0.5) is 10.1 Å². The average Bonchev–Trinajstić information content (AvgIpc) is 2.46. The monoisotopic (exact) mass is 293 g/mol. The van der Waals surface area contributed by atoms with Crippen LogP contribution < -0.4 is 11.1 Å². The number of nitrogens with zero attached hydrogens (tertiary/aromatic N) is 1. The van der Waals surface area contributed by atoms with Gasteiger partial charge in [-0.3, -0.25) is 9.69 Å². The third-order valence-electron chi connectivity index (χ3n) is 4.18. The summed E-state index contributed by atoms with van der Waals surface area (Å²) in [6.07, 6.45) is 2.72. The van der Waals surface area contributed by atoms with Crippen molar-refractivity contribution in [2.24, 2.45) is 11.7 Å². The molecule has 4 nitrogen and oxygen atoms in total. The maximum absolute atomic E-state index is 13.1. The van der Waals surface area contributed by atoms with Gasteiger partial charge in [0.15, 0.2) is 0 Å². The SMILES string of the molecule is CC1CCC(CN)CN1CCC(=O)Nc1cccc(F)c1. The number of rotatable bonds is 5. The Kier molecular flexibility index (Phi) is 5.70. The number of likely N-dealkylation sites (tertiary alicyclic amines) is 1. The summed E-state index contributed by atoms with van der Waals surface area (Å²) in [5.41, 5.74) is 6.25. The number of amides is 1. The number of hydrogen-bond acceptors (Lipinski definition) is 3. The molecule has 21 heavy (non-hydrogen) atoms. The van der Waals surface area contributed by atoms with E-state index in [0.717, 1.165) is 19.5 Å². The van der Waals surface area contributed by atoms with Crippen molar-refractivity contribution < 1.29 is 9.18 Å². The molecule has 0 aromatic heterocycles. The number of nitrogens with two attached hydrogens (primary N) is 1. The molecule has 1 heterocycles. The molecule has 116 valence electrons. The molecule has 1 amide bonds. The Morgan fingerprint density at radius 3 is 3.00 bits per heavy atom. The number of carbonyl (C=O) groups excluding carboxylic acids is 1. The number of carbonyl (C=O) groups is 1. The molecule has 1 aromatic carbocycles. The molecule has 2 atom stereocenters. The lowest BCUT2D eigenvalue weighted by Gasteiger charge is -2.37. The van der Waals surface area contributed by atoms with Gasteiger partial charge in [0.05, 0.1) is 0 Å². The molecule has 1 aromatic rings. The summed E-state index contributed by atoms with van der Waals surface area (Å²) in [6, 6.07) is 6.46. The first-order valence-corrected chi connectivity index (χ1v) is 7.58. The molecule has 1 fully saturated rings. The van der Waals surface area contributed by atoms with Crippen molar-refractivity contribution in [1.29, 1.82) is 0 Å². The van der Waals surface area contributed by atoms with Crippen LogP contribution in [0, 0.1) is 11.7 Å². The van der Waals surface area contributed by atoms with Crippen molar-refractivity contribution in [1.82, 2.24) is 4.90 Å². The standard InChI is InChI=1S/C16H24FN3O/c1-12-5-6-13(10-18)11-20(12)8-7-16(21)19-15-4-2-3-14(17)9-15/h2-4,9,12-13H,5-8,10-11,18H2,1H3,(H,19,21). The van der Waals surface area contributed by atoms with Crippen molar-refractivity contribution in [3.63, 3.8) is 0 Å². The molecular weight excluding hydrogens is 269 g/mol. The summed E-state index contributed by atoms with van der Waals surface area (Å²) in [4.78, 5) is 14.3. The van der Waals surface area contributed by atoms with Crippen molar-refractivity contribution in [2.45, 2.75) is 32.2 Å². The van der Waals surface area contributed by atoms with E-state index in [4.69, 9.17) is 5.73 Å². The van der Waals surface area contributed by atoms with Gasteiger partial charge < -0.3 is 11.1 Å². The second-order valence-electron chi connectivity index (χ2n) is 5.83. The lowest BCUT2D eigenvalue weighted by Crippen LogP contribution is -2.44. The topological polar surface area (TPSA) is 58.4 Å². The summed E-state index contributed by atoms with van der Waals surface area (Å²) < 4.78 is 13.1. The number of hydrogen-bond donors (Lipinski definition) is 2. The van der Waals surface area contributed by atoms with Crippen LogP contribution in [0.25, 0.3) is 0 Å². The summed E-state index contributed by atoms with van der Waals surface area (Å²) in [6.45, 7) is 4.58. The van der Waals surface area contributed by atoms with Crippen LogP contribution in [0.2, 0.25) is 0 Å². The molecule has 1 aliphatic rings. The molecule has 2 rings (SSSR count). The van der Waals surface area contributed by atoms with E-state index in [1.807, 2.05) is 0 Å². The van der Waals surface area contributed by atoms with Crippen LogP contribution in [-0.2, 0) is 4.79 Å². The predicted molar refractivity (Wildman–Crippen MR) is 82.5 cm³/mol. The van der Waals surface area contributed by atoms with Crippen molar-refractivity contribution >= 4 is 11.6 Å². The number of anilines is 1. The van der Waals surface area contributed by atoms with Gasteiger partial charge in [-0.2, -0.15) is 0 Å². The fraction of sp³-hybridized carbons (Fsp3) is 0.562. The molecule has 0 bridgehead atoms. The highest BCUT2D eigenvalue weighted by atomic mass is 19.1. The minimum absolute atomic E-state index is 0.0809. The molecular formula is C16H24FN3O. The van der Waals surface area contributed by atoms with Crippen LogP contribution in [0.1, 0.15) is 26.2 Å². The predicted octanol–water partition coefficient (Wildman–Crippen LogP) is 2.21. The van der Waals surface area contributed by atoms with Gasteiger partial charge in [0.2, 0.25) is 5.91 Å². The van der Waals surface area contributed by atoms with Gasteiger partial charge in [0.25, 0.3) is 0 Å². The van der Waals surface area contributed by atoms with Gasteiger partial charge in [0, 0.05) is 31.2 Å². The lowest BCUT2D eigenvalue weighted by atomic mass is 9.93. The first-order valence-electron chi connectivity index (χ1n) is 7.58. The zero-order valence-corrected chi connectivity index (χ0v) is 12.5. The van der Waals surface area contributed by atoms with E-state index in [-0.39, 0.29) is 11.7 Å². The van der Waals surface area contributed by atoms with Gasteiger partial charge in [0.1, 0.15) is 5.82 Å². The van der Waals surface area contributed by atoms with Gasteiger partial charge in [-0.25, -0.2) is 4.39 Å². The Labute approximate surface area is 125 Å². The van der Waals surface area contributed by atoms with Crippen LogP contribution in [0.5, 0.6) is 0 Å². The molecule has 0 radical (unpaired) electrons. The lowest BCUT2D eigenvalue weighted by molar-refractivity contribution is -0.116. The minimum atomic E-state index is -0.344. The average molecular weight is 293 g/mol. The van der Waals surface area contributed by atoms with Gasteiger partial charge in [-0.1, -0.05) is 6.07 Å². The molecule has 5 heteroatoms. The third-order valence-corrected chi connectivity index (χ3v) is 4.18. The number of nitrogens with one attached hydrogen (secondary N) is 1. The summed E-state index contributed by atoms with van der Waals surface area (Å²) in [5.74, 6) is 0.110. The van der Waals surface area contributed by atoms with Gasteiger partial charge >= 0.3 is 0 Å². The second kappa shape index (κ2) is 7.52. The summed E-state index contributed by atoms with van der Waals surface area (Å²) in [7, 11) is 0. The first-order chi connectivity index (χ1) is 10.1. The van der Waals surface area contributed by atoms with E-state index < -0.39 is 0 Å². The summed E-state index contributed by atoms with van der Waals surface area (Å²) in [5, 5.41) is 2.73. The van der Waals surface area contributed by atoms with E-state index in [9.17, 15) is 9.18 Å². The third kappa shape index (κ3) is 4.79. The number of piperidine rings is 1. The molecule has 3 N–H and O–H groups in total. The highest BCUT2D eigenvalue weighted by Crippen LogP contribution is 2.21. The van der Waals surface area contributed by atoms with Crippen LogP contribution in [-0.4, -0.2) is 36.5 Å². The Morgan fingerprint density at radius 2 is 2.29 bits per heavy atom. The smallest absolute Gasteiger partial charge is 0.225 e. The normalized spacial score (nSPS) is 23.0. The van der Waals surface area contributed by atoms with Gasteiger partial charge in [-0.05, 0) is 50.4 Å². The Bertz CT molecular complexity index is 480. The highest BCUT2D eigenvalue weighted by molar-refractivity contribution is 5.90. The van der Waals surface area contributed by atoms with Crippen molar-refractivity contribution in [3.05, 3.63) is 30.1 Å². The fourth-order valence-electron chi connectivity index (χ4n) is 2.80. The van der Waals surface area contributed by atoms with Gasteiger partial charge in [-0.15, -0.1) is 0 Å². The van der Waals surface area contributed by atoms with Crippen molar-refractivity contribution in [3.8, 4) is 0 Å². The van der Waals surface area contributed by atoms with E-state index in [0.29, 0.717) is 30.6 Å². The quantitative estimate of drug-likeness (QED) is 0.875. The summed E-state index contributed by atoms with van der Waals surface area (Å²) >= 11 is 0. The highest BCUT2D eigenvalue weighted by Gasteiger charge is 2.24. The Morgan fingerprint density at radius 1 is 1.48 bits per heavy atom. The first kappa shape index (κ1) is 15.9.